The maximum Gasteiger partial charge on any atom is 0.253 e. The molecule has 30 heavy (non-hydrogen) atoms. The quantitative estimate of drug-likeness (QED) is 0.615. The molecular formula is C23H31BrN4O2. The highest BCUT2D eigenvalue weighted by Crippen LogP contribution is 2.32. The minimum atomic E-state index is -0.187. The summed E-state index contributed by atoms with van der Waals surface area (Å²) < 4.78 is 0.858. The van der Waals surface area contributed by atoms with Crippen LogP contribution in [0.1, 0.15) is 58.4 Å². The number of nitrogens with one attached hydrogen (secondary N) is 2. The van der Waals surface area contributed by atoms with E-state index in [-0.39, 0.29) is 18.0 Å². The minimum Gasteiger partial charge on any atom is -0.371 e. The average molecular weight is 475 g/mol. The summed E-state index contributed by atoms with van der Waals surface area (Å²) in [5.74, 6) is -0.187. The summed E-state index contributed by atoms with van der Waals surface area (Å²) in [5, 5.41) is 2.92. The van der Waals surface area contributed by atoms with Crippen molar-refractivity contribution in [2.75, 3.05) is 11.9 Å². The Kier molecular flexibility index (Phi) is 7.03. The molecule has 1 aromatic carbocycles. The van der Waals surface area contributed by atoms with E-state index in [0.717, 1.165) is 52.7 Å². The number of halogens is 1. The number of aromatic amines is 1. The Morgan fingerprint density at radius 1 is 1.20 bits per heavy atom. The predicted octanol–water partition coefficient (Wildman–Crippen LogP) is 3.70. The number of aryl methyl sites for hydroxylation is 2. The Morgan fingerprint density at radius 3 is 2.50 bits per heavy atom. The van der Waals surface area contributed by atoms with Crippen LogP contribution in [0, 0.1) is 20.8 Å². The summed E-state index contributed by atoms with van der Waals surface area (Å²) in [7, 11) is 2.09. The van der Waals surface area contributed by atoms with E-state index in [1.807, 2.05) is 32.9 Å². The van der Waals surface area contributed by atoms with Gasteiger partial charge in [0.25, 0.3) is 11.5 Å². The van der Waals surface area contributed by atoms with Gasteiger partial charge in [-0.3, -0.25) is 9.59 Å². The Bertz CT molecular complexity index is 993. The number of benzene rings is 1. The fourth-order valence-corrected chi connectivity index (χ4v) is 4.76. The molecule has 1 amide bonds. The predicted molar refractivity (Wildman–Crippen MR) is 125 cm³/mol. The zero-order chi connectivity index (χ0) is 22.0. The SMILES string of the molecule is Cc1cc(C)c(CNC(=O)c2cc(Br)cc(N(C)[C@H]3CC[C@@H](N)CC3)c2C)c(=O)[nH]1. The van der Waals surface area contributed by atoms with Crippen molar-refractivity contribution in [1.29, 1.82) is 0 Å². The van der Waals surface area contributed by atoms with Crippen molar-refractivity contribution < 1.29 is 4.79 Å². The molecule has 0 saturated heterocycles. The van der Waals surface area contributed by atoms with Crippen LogP contribution in [0.25, 0.3) is 0 Å². The summed E-state index contributed by atoms with van der Waals surface area (Å²) in [4.78, 5) is 30.3. The largest absolute Gasteiger partial charge is 0.371 e. The van der Waals surface area contributed by atoms with E-state index in [1.54, 1.807) is 0 Å². The smallest absolute Gasteiger partial charge is 0.253 e. The Morgan fingerprint density at radius 2 is 1.87 bits per heavy atom. The van der Waals surface area contributed by atoms with Gasteiger partial charge in [0.05, 0.1) is 0 Å². The van der Waals surface area contributed by atoms with Crippen LogP contribution in [-0.4, -0.2) is 30.0 Å². The van der Waals surface area contributed by atoms with E-state index >= 15 is 0 Å². The zero-order valence-electron chi connectivity index (χ0n) is 18.1. The second-order valence-electron chi connectivity index (χ2n) is 8.40. The molecule has 0 radical (unpaired) electrons. The molecule has 2 aromatic rings. The first kappa shape index (κ1) is 22.6. The van der Waals surface area contributed by atoms with Gasteiger partial charge in [0.2, 0.25) is 0 Å². The van der Waals surface area contributed by atoms with Crippen molar-refractivity contribution in [3.05, 3.63) is 61.0 Å². The first-order chi connectivity index (χ1) is 14.2. The Balaban J connectivity index is 1.81. The molecule has 1 heterocycles. The highest BCUT2D eigenvalue weighted by atomic mass is 79.9. The standard InChI is InChI=1S/C23H31BrN4O2/c1-13-9-14(2)27-23(30)20(13)12-26-22(29)19-10-16(24)11-21(15(19)3)28(4)18-7-5-17(25)6-8-18/h9-11,17-18H,5-8,12,25H2,1-4H3,(H,26,29)(H,27,30)/t17-,18+. The number of anilines is 1. The van der Waals surface area contributed by atoms with Crippen molar-refractivity contribution in [2.45, 2.75) is 65.1 Å². The summed E-state index contributed by atoms with van der Waals surface area (Å²) in [6.45, 7) is 5.90. The third-order valence-corrected chi connectivity index (χ3v) is 6.64. The molecule has 162 valence electrons. The second kappa shape index (κ2) is 9.35. The summed E-state index contributed by atoms with van der Waals surface area (Å²) in [6.07, 6.45) is 4.17. The maximum absolute atomic E-state index is 13.0. The number of hydrogen-bond donors (Lipinski definition) is 3. The van der Waals surface area contributed by atoms with Crippen LogP contribution in [-0.2, 0) is 6.54 Å². The minimum absolute atomic E-state index is 0.158. The summed E-state index contributed by atoms with van der Waals surface area (Å²) in [5.41, 5.74) is 10.8. The van der Waals surface area contributed by atoms with Crippen LogP contribution >= 0.6 is 15.9 Å². The van der Waals surface area contributed by atoms with Crippen molar-refractivity contribution in [1.82, 2.24) is 10.3 Å². The van der Waals surface area contributed by atoms with E-state index in [4.69, 9.17) is 5.73 Å². The van der Waals surface area contributed by atoms with E-state index < -0.39 is 0 Å². The average Bonchev–Trinajstić information content (AvgIpc) is 2.68. The van der Waals surface area contributed by atoms with Gasteiger partial charge in [-0.1, -0.05) is 15.9 Å². The van der Waals surface area contributed by atoms with Crippen molar-refractivity contribution >= 4 is 27.5 Å². The Hall–Kier alpha value is -2.12. The highest BCUT2D eigenvalue weighted by molar-refractivity contribution is 9.10. The van der Waals surface area contributed by atoms with Crippen LogP contribution in [0.15, 0.2) is 27.5 Å². The molecule has 4 N–H and O–H groups in total. The van der Waals surface area contributed by atoms with Crippen LogP contribution in [0.4, 0.5) is 5.69 Å². The van der Waals surface area contributed by atoms with E-state index in [9.17, 15) is 9.59 Å². The lowest BCUT2D eigenvalue weighted by Crippen LogP contribution is -2.39. The molecule has 0 bridgehead atoms. The third-order valence-electron chi connectivity index (χ3n) is 6.18. The lowest BCUT2D eigenvalue weighted by molar-refractivity contribution is 0.0950. The molecule has 1 saturated carbocycles. The monoisotopic (exact) mass is 474 g/mol. The highest BCUT2D eigenvalue weighted by Gasteiger charge is 2.25. The number of nitrogens with zero attached hydrogens (tertiary/aromatic N) is 1. The molecule has 3 rings (SSSR count). The van der Waals surface area contributed by atoms with Gasteiger partial charge >= 0.3 is 0 Å². The van der Waals surface area contributed by atoms with Gasteiger partial charge in [-0.2, -0.15) is 0 Å². The molecule has 1 fully saturated rings. The lowest BCUT2D eigenvalue weighted by atomic mass is 9.90. The summed E-state index contributed by atoms with van der Waals surface area (Å²) >= 11 is 3.56. The third kappa shape index (κ3) is 4.95. The van der Waals surface area contributed by atoms with E-state index in [0.29, 0.717) is 23.2 Å². The first-order valence-electron chi connectivity index (χ1n) is 10.4. The normalized spacial score (nSPS) is 18.9. The molecule has 0 unspecified atom stereocenters. The van der Waals surface area contributed by atoms with Crippen molar-refractivity contribution in [2.24, 2.45) is 5.73 Å². The van der Waals surface area contributed by atoms with Gasteiger partial charge in [0.1, 0.15) is 0 Å². The molecule has 0 atom stereocenters. The first-order valence-corrected chi connectivity index (χ1v) is 11.2. The molecule has 1 aliphatic carbocycles. The second-order valence-corrected chi connectivity index (χ2v) is 9.32. The fraction of sp³-hybridized carbons (Fsp3) is 0.478. The number of nitrogens with two attached hydrogens (primary N) is 1. The van der Waals surface area contributed by atoms with Gasteiger partial charge in [-0.15, -0.1) is 0 Å². The molecule has 0 aliphatic heterocycles. The van der Waals surface area contributed by atoms with Crippen LogP contribution < -0.4 is 21.5 Å². The molecule has 1 aromatic heterocycles. The molecule has 6 nitrogen and oxygen atoms in total. The lowest BCUT2D eigenvalue weighted by Gasteiger charge is -2.36. The van der Waals surface area contributed by atoms with Crippen LogP contribution in [0.2, 0.25) is 0 Å². The zero-order valence-corrected chi connectivity index (χ0v) is 19.7. The topological polar surface area (TPSA) is 91.2 Å². The Labute approximate surface area is 186 Å². The number of hydrogen-bond acceptors (Lipinski definition) is 4. The fourth-order valence-electron chi connectivity index (χ4n) is 4.32. The maximum atomic E-state index is 13.0. The van der Waals surface area contributed by atoms with E-state index in [1.165, 1.54) is 0 Å². The number of amides is 1. The number of carbonyl (C=O) groups excluding carboxylic acids is 1. The number of aromatic nitrogens is 1. The van der Waals surface area contributed by atoms with E-state index in [2.05, 4.69) is 44.2 Å². The molecular weight excluding hydrogens is 444 g/mol. The van der Waals surface area contributed by atoms with Gasteiger partial charge in [0, 0.05) is 52.7 Å². The van der Waals surface area contributed by atoms with Gasteiger partial charge in [-0.25, -0.2) is 0 Å². The number of H-pyrrole nitrogens is 1. The van der Waals surface area contributed by atoms with Crippen molar-refractivity contribution in [3.63, 3.8) is 0 Å². The van der Waals surface area contributed by atoms with Gasteiger partial charge in [-0.05, 0) is 75.8 Å². The van der Waals surface area contributed by atoms with Gasteiger partial charge in [0.15, 0.2) is 0 Å². The molecule has 0 spiro atoms. The van der Waals surface area contributed by atoms with Crippen LogP contribution in [0.3, 0.4) is 0 Å². The summed E-state index contributed by atoms with van der Waals surface area (Å²) in [6, 6.07) is 6.53. The molecule has 1 aliphatic rings. The van der Waals surface area contributed by atoms with Crippen LogP contribution in [0.5, 0.6) is 0 Å². The van der Waals surface area contributed by atoms with Gasteiger partial charge < -0.3 is 20.9 Å². The number of carbonyl (C=O) groups is 1. The molecule has 7 heteroatoms. The van der Waals surface area contributed by atoms with Crippen molar-refractivity contribution in [3.8, 4) is 0 Å². The number of pyridine rings is 1. The number of rotatable bonds is 5.